The van der Waals surface area contributed by atoms with Crippen LogP contribution in [0.2, 0.25) is 0 Å². The minimum absolute atomic E-state index is 0.192. The van der Waals surface area contributed by atoms with Crippen molar-refractivity contribution in [2.24, 2.45) is 0 Å². The molecule has 0 aromatic carbocycles. The highest BCUT2D eigenvalue weighted by Gasteiger charge is 2.17. The number of rotatable bonds is 2. The molecule has 0 aliphatic carbocycles. The van der Waals surface area contributed by atoms with E-state index in [1.807, 2.05) is 0 Å². The highest BCUT2D eigenvalue weighted by atomic mass is 19.4. The first-order valence-electron chi connectivity index (χ1n) is 3.83. The molecule has 1 heterocycles. The Morgan fingerprint density at radius 3 is 2.71 bits per heavy atom. The van der Waals surface area contributed by atoms with Crippen LogP contribution < -0.4 is 0 Å². The van der Waals surface area contributed by atoms with Crippen molar-refractivity contribution in [3.8, 4) is 12.3 Å². The maximum atomic E-state index is 11.9. The molecule has 0 fully saturated rings. The summed E-state index contributed by atoms with van der Waals surface area (Å²) in [6.07, 6.45) is 8.77. The van der Waals surface area contributed by atoms with Gasteiger partial charge in [-0.3, -0.25) is 4.98 Å². The van der Waals surface area contributed by atoms with E-state index >= 15 is 0 Å². The summed E-state index contributed by atoms with van der Waals surface area (Å²) in [5.41, 5.74) is 0.700. The van der Waals surface area contributed by atoms with Crippen LogP contribution in [0, 0.1) is 12.3 Å². The van der Waals surface area contributed by atoms with E-state index in [9.17, 15) is 12.9 Å². The number of halogens is 3. The molecular weight excluding hydrogens is 190 g/mol. The average molecular weight is 196 g/mol. The van der Waals surface area contributed by atoms with E-state index in [-0.39, 0.29) is 5.98 Å². The first-order valence-corrected chi connectivity index (χ1v) is 3.83. The Labute approximate surface area is 79.7 Å². The van der Waals surface area contributed by atoms with Crippen molar-refractivity contribution < 1.29 is 12.9 Å². The summed E-state index contributed by atoms with van der Waals surface area (Å²) in [7, 11) is 0. The van der Waals surface area contributed by atoms with Crippen molar-refractivity contribution in [3.05, 3.63) is 35.6 Å². The monoisotopic (exact) mass is 196 g/mol. The summed E-state index contributed by atoms with van der Waals surface area (Å²) in [5, 5.41) is 0. The second kappa shape index (κ2) is 4.01. The molecule has 1 aromatic heterocycles. The van der Waals surface area contributed by atoms with Gasteiger partial charge in [0.1, 0.15) is 0 Å². The Hall–Kier alpha value is -1.70. The second-order valence-corrected chi connectivity index (χ2v) is 2.59. The van der Waals surface area contributed by atoms with E-state index in [2.05, 4.69) is 10.9 Å². The molecule has 0 atom stereocenters. The third kappa shape index (κ3) is 2.98. The normalized spacial score (nSPS) is 11.6. The van der Waals surface area contributed by atoms with Gasteiger partial charge in [-0.2, -0.15) is 0 Å². The lowest BCUT2D eigenvalue weighted by atomic mass is 9.90. The molecule has 0 aliphatic rings. The van der Waals surface area contributed by atoms with Crippen LogP contribution in [-0.2, 0) is 0 Å². The second-order valence-electron chi connectivity index (χ2n) is 2.59. The first-order chi connectivity index (χ1) is 6.53. The molecule has 5 heteroatoms. The van der Waals surface area contributed by atoms with Crippen LogP contribution in [0.15, 0.2) is 24.4 Å². The van der Waals surface area contributed by atoms with Crippen LogP contribution in [0.25, 0.3) is 6.08 Å². The fraction of sp³-hybridized carbons (Fsp3) is 0. The van der Waals surface area contributed by atoms with Crippen molar-refractivity contribution in [2.45, 2.75) is 0 Å². The quantitative estimate of drug-likeness (QED) is 0.522. The smallest absolute Gasteiger partial charge is 0.445 e. The van der Waals surface area contributed by atoms with Gasteiger partial charge in [-0.15, -0.1) is 12.4 Å². The maximum absolute atomic E-state index is 11.9. The summed E-state index contributed by atoms with van der Waals surface area (Å²) >= 11 is 0. The van der Waals surface area contributed by atoms with Gasteiger partial charge in [-0.25, -0.2) is 0 Å². The van der Waals surface area contributed by atoms with E-state index in [1.165, 1.54) is 18.5 Å². The molecule has 0 N–H and O–H groups in total. The lowest BCUT2D eigenvalue weighted by Gasteiger charge is -2.06. The van der Waals surface area contributed by atoms with Gasteiger partial charge < -0.3 is 12.9 Å². The summed E-state index contributed by atoms with van der Waals surface area (Å²) in [5.74, 6) is 2.47. The Morgan fingerprint density at radius 2 is 2.14 bits per heavy atom. The SMILES string of the molecule is C#Cc1ccncc1/C=C/[B-](F)(F)F. The lowest BCUT2D eigenvalue weighted by Crippen LogP contribution is -2.09. The summed E-state index contributed by atoms with van der Waals surface area (Å²) in [4.78, 5) is 3.69. The molecule has 1 rings (SSSR count). The number of terminal acetylenes is 1. The fourth-order valence-electron chi connectivity index (χ4n) is 0.884. The van der Waals surface area contributed by atoms with E-state index < -0.39 is 6.98 Å². The maximum Gasteiger partial charge on any atom is 0.502 e. The van der Waals surface area contributed by atoms with Crippen molar-refractivity contribution >= 4 is 13.1 Å². The van der Waals surface area contributed by atoms with Gasteiger partial charge in [-0.1, -0.05) is 12.0 Å². The van der Waals surface area contributed by atoms with Crippen LogP contribution >= 0.6 is 0 Å². The zero-order valence-corrected chi connectivity index (χ0v) is 7.12. The minimum Gasteiger partial charge on any atom is -0.445 e. The predicted molar refractivity (Wildman–Crippen MR) is 50.3 cm³/mol. The van der Waals surface area contributed by atoms with Gasteiger partial charge in [0.15, 0.2) is 0 Å². The van der Waals surface area contributed by atoms with E-state index in [1.54, 1.807) is 0 Å². The van der Waals surface area contributed by atoms with E-state index in [4.69, 9.17) is 6.42 Å². The van der Waals surface area contributed by atoms with E-state index in [0.29, 0.717) is 11.1 Å². The number of hydrogen-bond acceptors (Lipinski definition) is 1. The van der Waals surface area contributed by atoms with Crippen molar-refractivity contribution in [2.75, 3.05) is 0 Å². The summed E-state index contributed by atoms with van der Waals surface area (Å²) < 4.78 is 35.6. The lowest BCUT2D eigenvalue weighted by molar-refractivity contribution is 0.499. The van der Waals surface area contributed by atoms with Crippen LogP contribution in [0.5, 0.6) is 0 Å². The topological polar surface area (TPSA) is 12.9 Å². The highest BCUT2D eigenvalue weighted by molar-refractivity contribution is 6.64. The molecule has 0 aliphatic heterocycles. The first kappa shape index (κ1) is 10.4. The Balaban J connectivity index is 2.99. The molecule has 1 aromatic rings. The standard InChI is InChI=1S/C9H6BF3N/c1-2-8-4-6-14-7-9(8)3-5-10(11,12)13/h1,3-7H/q-1/b5-3+. The fourth-order valence-corrected chi connectivity index (χ4v) is 0.884. The molecule has 1 nitrogen and oxygen atoms in total. The number of pyridine rings is 1. The highest BCUT2D eigenvalue weighted by Crippen LogP contribution is 2.14. The largest absolute Gasteiger partial charge is 0.502 e. The van der Waals surface area contributed by atoms with Crippen molar-refractivity contribution in [3.63, 3.8) is 0 Å². The van der Waals surface area contributed by atoms with Gasteiger partial charge in [0.05, 0.1) is 0 Å². The van der Waals surface area contributed by atoms with Crippen molar-refractivity contribution in [1.29, 1.82) is 0 Å². The molecule has 0 unspecified atom stereocenters. The molecule has 72 valence electrons. The van der Waals surface area contributed by atoms with Gasteiger partial charge in [0.2, 0.25) is 0 Å². The summed E-state index contributed by atoms with van der Waals surface area (Å²) in [6.45, 7) is -4.93. The Kier molecular flexibility index (Phi) is 2.97. The van der Waals surface area contributed by atoms with Gasteiger partial charge in [0, 0.05) is 23.5 Å². The zero-order chi connectivity index (χ0) is 10.6. The van der Waals surface area contributed by atoms with Crippen molar-refractivity contribution in [1.82, 2.24) is 4.98 Å². The van der Waals surface area contributed by atoms with Gasteiger partial charge in [-0.05, 0) is 6.07 Å². The van der Waals surface area contributed by atoms with E-state index in [0.717, 1.165) is 6.08 Å². The molecule has 0 saturated carbocycles. The molecule has 14 heavy (non-hydrogen) atoms. The Morgan fingerprint density at radius 1 is 1.43 bits per heavy atom. The van der Waals surface area contributed by atoms with Gasteiger partial charge >= 0.3 is 6.98 Å². The predicted octanol–water partition coefficient (Wildman–Crippen LogP) is 2.46. The number of nitrogens with zero attached hydrogens (tertiary/aromatic N) is 1. The third-order valence-electron chi connectivity index (χ3n) is 1.50. The molecular formula is C9H6BF3N-. The number of aromatic nitrogens is 1. The van der Waals surface area contributed by atoms with Crippen LogP contribution in [0.3, 0.4) is 0 Å². The molecule has 0 bridgehead atoms. The molecule has 0 radical (unpaired) electrons. The zero-order valence-electron chi connectivity index (χ0n) is 7.12. The van der Waals surface area contributed by atoms with Crippen LogP contribution in [0.1, 0.15) is 11.1 Å². The molecule has 0 spiro atoms. The summed E-state index contributed by atoms with van der Waals surface area (Å²) in [6, 6.07) is 1.49. The third-order valence-corrected chi connectivity index (χ3v) is 1.50. The molecule has 0 saturated heterocycles. The Bertz CT molecular complexity index is 390. The average Bonchev–Trinajstić information content (AvgIpc) is 2.14. The minimum atomic E-state index is -4.93. The van der Waals surface area contributed by atoms with Crippen LogP contribution in [-0.4, -0.2) is 12.0 Å². The number of hydrogen-bond donors (Lipinski definition) is 0. The molecule has 0 amide bonds. The van der Waals surface area contributed by atoms with Crippen LogP contribution in [0.4, 0.5) is 12.9 Å². The van der Waals surface area contributed by atoms with Gasteiger partial charge in [0.25, 0.3) is 0 Å².